The number of esters is 1. The van der Waals surface area contributed by atoms with Gasteiger partial charge in [0.1, 0.15) is 11.5 Å². The van der Waals surface area contributed by atoms with Gasteiger partial charge in [-0.1, -0.05) is 70.9 Å². The van der Waals surface area contributed by atoms with Gasteiger partial charge in [-0.05, 0) is 68.7 Å². The molecule has 4 nitrogen and oxygen atoms in total. The van der Waals surface area contributed by atoms with Gasteiger partial charge in [-0.25, -0.2) is 4.79 Å². The maximum atomic E-state index is 12.5. The van der Waals surface area contributed by atoms with E-state index in [2.05, 4.69) is 27.7 Å². The van der Waals surface area contributed by atoms with Crippen LogP contribution >= 0.6 is 0 Å². The first kappa shape index (κ1) is 26.9. The number of rotatable bonds is 16. The molecular weight excluding hydrogens is 412 g/mol. The Morgan fingerprint density at radius 1 is 0.758 bits per heavy atom. The van der Waals surface area contributed by atoms with Crippen LogP contribution in [0.1, 0.15) is 108 Å². The maximum Gasteiger partial charge on any atom is 0.343 e. The van der Waals surface area contributed by atoms with Gasteiger partial charge in [-0.3, -0.25) is 0 Å². The van der Waals surface area contributed by atoms with Gasteiger partial charge in [-0.15, -0.1) is 0 Å². The number of carbonyl (C=O) groups is 1. The summed E-state index contributed by atoms with van der Waals surface area (Å²) in [6.45, 7) is 9.27. The van der Waals surface area contributed by atoms with Crippen LogP contribution in [0.2, 0.25) is 0 Å². The molecule has 2 rings (SSSR count). The standard InChI is InChI=1S/C29H42O4/c1-5-7-8-9-10-11-12-22-31-24(4)25-14-16-26(17-15-25)29(30)33-28-20-18-27(19-21-28)32-23(3)13-6-2/h14-21,23-24H,5-13,22H2,1-4H3. The highest BCUT2D eigenvalue weighted by Gasteiger charge is 2.11. The highest BCUT2D eigenvalue weighted by molar-refractivity contribution is 5.91. The summed E-state index contributed by atoms with van der Waals surface area (Å²) >= 11 is 0. The lowest BCUT2D eigenvalue weighted by atomic mass is 10.1. The van der Waals surface area contributed by atoms with Crippen molar-refractivity contribution in [3.8, 4) is 11.5 Å². The van der Waals surface area contributed by atoms with Crippen LogP contribution in [-0.4, -0.2) is 18.7 Å². The predicted octanol–water partition coefficient (Wildman–Crippen LogP) is 8.30. The normalized spacial score (nSPS) is 12.8. The Hall–Kier alpha value is -2.33. The van der Waals surface area contributed by atoms with E-state index in [0.717, 1.165) is 37.2 Å². The molecule has 0 amide bonds. The fraction of sp³-hybridized carbons (Fsp3) is 0.552. The maximum absolute atomic E-state index is 12.5. The summed E-state index contributed by atoms with van der Waals surface area (Å²) in [6.07, 6.45) is 11.2. The van der Waals surface area contributed by atoms with E-state index in [-0.39, 0.29) is 18.2 Å². The van der Waals surface area contributed by atoms with Gasteiger partial charge in [0.2, 0.25) is 0 Å². The fourth-order valence-corrected chi connectivity index (χ4v) is 3.76. The van der Waals surface area contributed by atoms with Crippen LogP contribution in [0, 0.1) is 0 Å². The molecule has 182 valence electrons. The van der Waals surface area contributed by atoms with Crippen molar-refractivity contribution in [1.82, 2.24) is 0 Å². The summed E-state index contributed by atoms with van der Waals surface area (Å²) < 4.78 is 17.3. The van der Waals surface area contributed by atoms with Gasteiger partial charge in [-0.2, -0.15) is 0 Å². The van der Waals surface area contributed by atoms with Crippen molar-refractivity contribution in [1.29, 1.82) is 0 Å². The Balaban J connectivity index is 1.74. The number of hydrogen-bond acceptors (Lipinski definition) is 4. The molecule has 2 atom stereocenters. The molecule has 2 unspecified atom stereocenters. The quantitative estimate of drug-likeness (QED) is 0.145. The van der Waals surface area contributed by atoms with Gasteiger partial charge < -0.3 is 14.2 Å². The first-order valence-electron chi connectivity index (χ1n) is 12.7. The van der Waals surface area contributed by atoms with Crippen molar-refractivity contribution in [3.05, 3.63) is 59.7 Å². The Bertz CT molecular complexity index is 782. The molecule has 0 aliphatic rings. The summed E-state index contributed by atoms with van der Waals surface area (Å²) in [6, 6.07) is 14.7. The molecule has 0 spiro atoms. The molecule has 0 aliphatic carbocycles. The van der Waals surface area contributed by atoms with E-state index in [0.29, 0.717) is 11.3 Å². The highest BCUT2D eigenvalue weighted by atomic mass is 16.5. The van der Waals surface area contributed by atoms with Gasteiger partial charge in [0, 0.05) is 6.61 Å². The fourth-order valence-electron chi connectivity index (χ4n) is 3.76. The van der Waals surface area contributed by atoms with E-state index < -0.39 is 0 Å². The Kier molecular flexibility index (Phi) is 12.6. The molecule has 2 aromatic carbocycles. The Labute approximate surface area is 200 Å². The van der Waals surface area contributed by atoms with Crippen molar-refractivity contribution in [2.24, 2.45) is 0 Å². The molecule has 0 N–H and O–H groups in total. The second-order valence-corrected chi connectivity index (χ2v) is 8.83. The number of unbranched alkanes of at least 4 members (excludes halogenated alkanes) is 6. The average Bonchev–Trinajstić information content (AvgIpc) is 2.82. The van der Waals surface area contributed by atoms with Gasteiger partial charge in [0.25, 0.3) is 0 Å². The zero-order valence-electron chi connectivity index (χ0n) is 21.0. The topological polar surface area (TPSA) is 44.8 Å². The number of ether oxygens (including phenoxy) is 3. The zero-order chi connectivity index (χ0) is 23.9. The second kappa shape index (κ2) is 15.5. The third-order valence-corrected chi connectivity index (χ3v) is 5.80. The lowest BCUT2D eigenvalue weighted by molar-refractivity contribution is 0.0626. The van der Waals surface area contributed by atoms with E-state index >= 15 is 0 Å². The molecule has 0 bridgehead atoms. The van der Waals surface area contributed by atoms with Crippen LogP contribution in [0.4, 0.5) is 0 Å². The van der Waals surface area contributed by atoms with Crippen LogP contribution in [0.25, 0.3) is 0 Å². The third kappa shape index (κ3) is 10.4. The summed E-state index contributed by atoms with van der Waals surface area (Å²) in [5.74, 6) is 0.919. The summed E-state index contributed by atoms with van der Waals surface area (Å²) in [4.78, 5) is 12.5. The minimum Gasteiger partial charge on any atom is -0.491 e. The van der Waals surface area contributed by atoms with E-state index in [1.54, 1.807) is 24.3 Å². The van der Waals surface area contributed by atoms with Crippen LogP contribution in [0.3, 0.4) is 0 Å². The Morgan fingerprint density at radius 3 is 2.00 bits per heavy atom. The lowest BCUT2D eigenvalue weighted by Crippen LogP contribution is -2.11. The minimum atomic E-state index is -0.369. The zero-order valence-corrected chi connectivity index (χ0v) is 21.0. The first-order chi connectivity index (χ1) is 16.0. The Morgan fingerprint density at radius 2 is 1.36 bits per heavy atom. The molecule has 0 aliphatic heterocycles. The molecule has 0 heterocycles. The predicted molar refractivity (Wildman–Crippen MR) is 135 cm³/mol. The highest BCUT2D eigenvalue weighted by Crippen LogP contribution is 2.22. The summed E-state index contributed by atoms with van der Waals surface area (Å²) in [5, 5.41) is 0. The second-order valence-electron chi connectivity index (χ2n) is 8.83. The summed E-state index contributed by atoms with van der Waals surface area (Å²) in [5.41, 5.74) is 1.59. The first-order valence-corrected chi connectivity index (χ1v) is 12.7. The van der Waals surface area contributed by atoms with Crippen molar-refractivity contribution < 1.29 is 19.0 Å². The monoisotopic (exact) mass is 454 g/mol. The average molecular weight is 455 g/mol. The van der Waals surface area contributed by atoms with Crippen LogP contribution < -0.4 is 9.47 Å². The van der Waals surface area contributed by atoms with E-state index in [9.17, 15) is 4.79 Å². The molecule has 0 saturated heterocycles. The third-order valence-electron chi connectivity index (χ3n) is 5.80. The SMILES string of the molecule is CCCCCCCCCOC(C)c1ccc(C(=O)Oc2ccc(OC(C)CCC)cc2)cc1. The largest absolute Gasteiger partial charge is 0.491 e. The molecule has 0 radical (unpaired) electrons. The van der Waals surface area contributed by atoms with E-state index in [1.165, 1.54) is 38.5 Å². The van der Waals surface area contributed by atoms with Crippen molar-refractivity contribution >= 4 is 5.97 Å². The number of carbonyl (C=O) groups excluding carboxylic acids is 1. The molecule has 33 heavy (non-hydrogen) atoms. The van der Waals surface area contributed by atoms with Crippen LogP contribution in [-0.2, 0) is 4.74 Å². The smallest absolute Gasteiger partial charge is 0.343 e. The van der Waals surface area contributed by atoms with Gasteiger partial charge in [0.15, 0.2) is 0 Å². The molecule has 0 saturated carbocycles. The van der Waals surface area contributed by atoms with Crippen molar-refractivity contribution in [3.63, 3.8) is 0 Å². The molecule has 2 aromatic rings. The number of hydrogen-bond donors (Lipinski definition) is 0. The van der Waals surface area contributed by atoms with E-state index in [4.69, 9.17) is 14.2 Å². The lowest BCUT2D eigenvalue weighted by Gasteiger charge is -2.14. The van der Waals surface area contributed by atoms with Gasteiger partial charge >= 0.3 is 5.97 Å². The van der Waals surface area contributed by atoms with Crippen molar-refractivity contribution in [2.45, 2.75) is 97.7 Å². The van der Waals surface area contributed by atoms with E-state index in [1.807, 2.05) is 24.3 Å². The van der Waals surface area contributed by atoms with Crippen molar-refractivity contribution in [2.75, 3.05) is 6.61 Å². The molecule has 0 aromatic heterocycles. The number of benzene rings is 2. The minimum absolute atomic E-state index is 0.0119. The van der Waals surface area contributed by atoms with Gasteiger partial charge in [0.05, 0.1) is 17.8 Å². The molecular formula is C29H42O4. The molecule has 4 heteroatoms. The van der Waals surface area contributed by atoms with Crippen LogP contribution in [0.15, 0.2) is 48.5 Å². The summed E-state index contributed by atoms with van der Waals surface area (Å²) in [7, 11) is 0. The van der Waals surface area contributed by atoms with Crippen LogP contribution in [0.5, 0.6) is 11.5 Å². The molecule has 0 fully saturated rings.